The highest BCUT2D eigenvalue weighted by atomic mass is 16.5. The summed E-state index contributed by atoms with van der Waals surface area (Å²) < 4.78 is 10.9. The first-order valence-corrected chi connectivity index (χ1v) is 8.52. The molecule has 1 aromatic heterocycles. The number of anilines is 1. The van der Waals surface area contributed by atoms with Crippen LogP contribution in [-0.2, 0) is 4.79 Å². The standard InChI is InChI=1S/C21H17N3O3/c1-14(27-19-10-7-16(8-11-19)21-24-22-13-26-21)20(25)23-18-9-6-15-4-2-3-5-17(15)12-18/h2-14H,1H3,(H,23,25)/t14-/m1/s1. The van der Waals surface area contributed by atoms with Crippen molar-refractivity contribution in [3.63, 3.8) is 0 Å². The van der Waals surface area contributed by atoms with Crippen LogP contribution >= 0.6 is 0 Å². The first kappa shape index (κ1) is 16.8. The van der Waals surface area contributed by atoms with Gasteiger partial charge in [0.25, 0.3) is 5.91 Å². The Balaban J connectivity index is 1.41. The molecular formula is C21H17N3O3. The van der Waals surface area contributed by atoms with Crippen molar-refractivity contribution in [3.8, 4) is 17.2 Å². The van der Waals surface area contributed by atoms with E-state index >= 15 is 0 Å². The number of aromatic nitrogens is 2. The molecule has 6 heteroatoms. The fourth-order valence-electron chi connectivity index (χ4n) is 2.74. The second-order valence-corrected chi connectivity index (χ2v) is 6.08. The van der Waals surface area contributed by atoms with Crippen LogP contribution in [0.15, 0.2) is 77.5 Å². The van der Waals surface area contributed by atoms with Crippen molar-refractivity contribution in [1.82, 2.24) is 10.2 Å². The van der Waals surface area contributed by atoms with E-state index in [-0.39, 0.29) is 5.91 Å². The van der Waals surface area contributed by atoms with E-state index in [1.165, 1.54) is 6.39 Å². The van der Waals surface area contributed by atoms with E-state index in [4.69, 9.17) is 9.15 Å². The number of ether oxygens (including phenoxy) is 1. The first-order valence-electron chi connectivity index (χ1n) is 8.52. The number of nitrogens with one attached hydrogen (secondary N) is 1. The summed E-state index contributed by atoms with van der Waals surface area (Å²) in [5, 5.41) is 12.6. The average molecular weight is 359 g/mol. The van der Waals surface area contributed by atoms with Gasteiger partial charge in [0, 0.05) is 11.3 Å². The second-order valence-electron chi connectivity index (χ2n) is 6.08. The van der Waals surface area contributed by atoms with E-state index in [2.05, 4.69) is 15.5 Å². The molecule has 4 rings (SSSR count). The molecule has 4 aromatic rings. The fraction of sp³-hybridized carbons (Fsp3) is 0.0952. The normalized spacial score (nSPS) is 11.9. The molecule has 0 fully saturated rings. The molecule has 1 atom stereocenters. The molecule has 0 aliphatic rings. The maximum atomic E-state index is 12.4. The van der Waals surface area contributed by atoms with Crippen LogP contribution in [-0.4, -0.2) is 22.2 Å². The van der Waals surface area contributed by atoms with E-state index < -0.39 is 6.10 Å². The first-order chi connectivity index (χ1) is 13.2. The minimum atomic E-state index is -0.647. The molecule has 0 unspecified atom stereocenters. The molecule has 0 aliphatic carbocycles. The largest absolute Gasteiger partial charge is 0.481 e. The Kier molecular flexibility index (Phi) is 4.53. The Morgan fingerprint density at radius 1 is 1.04 bits per heavy atom. The van der Waals surface area contributed by atoms with Crippen molar-refractivity contribution in [2.24, 2.45) is 0 Å². The van der Waals surface area contributed by atoms with Gasteiger partial charge in [-0.1, -0.05) is 30.3 Å². The van der Waals surface area contributed by atoms with Gasteiger partial charge in [0.2, 0.25) is 12.3 Å². The van der Waals surface area contributed by atoms with Gasteiger partial charge in [0.05, 0.1) is 0 Å². The summed E-state index contributed by atoms with van der Waals surface area (Å²) in [5.41, 5.74) is 1.52. The molecule has 0 radical (unpaired) electrons. The van der Waals surface area contributed by atoms with Crippen molar-refractivity contribution in [3.05, 3.63) is 73.1 Å². The number of carbonyl (C=O) groups is 1. The molecule has 6 nitrogen and oxygen atoms in total. The number of hydrogen-bond acceptors (Lipinski definition) is 5. The van der Waals surface area contributed by atoms with Crippen molar-refractivity contribution in [2.45, 2.75) is 13.0 Å². The quantitative estimate of drug-likeness (QED) is 0.575. The molecule has 0 bridgehead atoms. The third-order valence-corrected chi connectivity index (χ3v) is 4.16. The van der Waals surface area contributed by atoms with Gasteiger partial charge in [-0.2, -0.15) is 0 Å². The van der Waals surface area contributed by atoms with E-state index in [1.807, 2.05) is 42.5 Å². The molecule has 0 aliphatic heterocycles. The molecule has 1 N–H and O–H groups in total. The minimum Gasteiger partial charge on any atom is -0.481 e. The molecule has 3 aromatic carbocycles. The van der Waals surface area contributed by atoms with Crippen molar-refractivity contribution in [2.75, 3.05) is 5.32 Å². The topological polar surface area (TPSA) is 77.2 Å². The molecule has 1 amide bonds. The van der Waals surface area contributed by atoms with E-state index in [1.54, 1.807) is 31.2 Å². The Bertz CT molecular complexity index is 1060. The van der Waals surface area contributed by atoms with Crippen LogP contribution in [0.1, 0.15) is 6.92 Å². The maximum Gasteiger partial charge on any atom is 0.265 e. The number of amides is 1. The molecule has 0 saturated carbocycles. The van der Waals surface area contributed by atoms with Crippen LogP contribution in [0, 0.1) is 0 Å². The molecule has 0 saturated heterocycles. The van der Waals surface area contributed by atoms with E-state index in [0.29, 0.717) is 11.6 Å². The van der Waals surface area contributed by atoms with Crippen molar-refractivity contribution >= 4 is 22.4 Å². The number of hydrogen-bond donors (Lipinski definition) is 1. The van der Waals surface area contributed by atoms with E-state index in [9.17, 15) is 4.79 Å². The molecular weight excluding hydrogens is 342 g/mol. The van der Waals surface area contributed by atoms with Gasteiger partial charge in [-0.15, -0.1) is 10.2 Å². The van der Waals surface area contributed by atoms with Crippen molar-refractivity contribution in [1.29, 1.82) is 0 Å². The third kappa shape index (κ3) is 3.79. The number of benzene rings is 3. The van der Waals surface area contributed by atoms with E-state index in [0.717, 1.165) is 22.0 Å². The summed E-state index contributed by atoms with van der Waals surface area (Å²) >= 11 is 0. The Hall–Kier alpha value is -3.67. The smallest absolute Gasteiger partial charge is 0.265 e. The van der Waals surface area contributed by atoms with Gasteiger partial charge in [0.1, 0.15) is 5.75 Å². The molecule has 1 heterocycles. The minimum absolute atomic E-state index is 0.216. The summed E-state index contributed by atoms with van der Waals surface area (Å²) in [6.45, 7) is 1.71. The predicted octanol–water partition coefficient (Wildman–Crippen LogP) is 4.30. The molecule has 0 spiro atoms. The number of rotatable bonds is 5. The monoisotopic (exact) mass is 359 g/mol. The van der Waals surface area contributed by atoms with Gasteiger partial charge < -0.3 is 14.5 Å². The maximum absolute atomic E-state index is 12.4. The van der Waals surface area contributed by atoms with Gasteiger partial charge in [-0.05, 0) is 54.1 Å². The van der Waals surface area contributed by atoms with Gasteiger partial charge in [-0.3, -0.25) is 4.79 Å². The van der Waals surface area contributed by atoms with Gasteiger partial charge >= 0.3 is 0 Å². The zero-order valence-electron chi connectivity index (χ0n) is 14.6. The second kappa shape index (κ2) is 7.29. The lowest BCUT2D eigenvalue weighted by Crippen LogP contribution is -2.30. The highest BCUT2D eigenvalue weighted by Crippen LogP contribution is 2.22. The lowest BCUT2D eigenvalue weighted by Gasteiger charge is -2.15. The highest BCUT2D eigenvalue weighted by molar-refractivity contribution is 5.96. The van der Waals surface area contributed by atoms with Crippen LogP contribution in [0.25, 0.3) is 22.2 Å². The van der Waals surface area contributed by atoms with Crippen LogP contribution in [0.4, 0.5) is 5.69 Å². The fourth-order valence-corrected chi connectivity index (χ4v) is 2.74. The summed E-state index contributed by atoms with van der Waals surface area (Å²) in [6.07, 6.45) is 0.629. The number of carbonyl (C=O) groups excluding carboxylic acids is 1. The Morgan fingerprint density at radius 3 is 2.56 bits per heavy atom. The van der Waals surface area contributed by atoms with Gasteiger partial charge in [-0.25, -0.2) is 0 Å². The highest BCUT2D eigenvalue weighted by Gasteiger charge is 2.15. The lowest BCUT2D eigenvalue weighted by molar-refractivity contribution is -0.122. The lowest BCUT2D eigenvalue weighted by atomic mass is 10.1. The summed E-state index contributed by atoms with van der Waals surface area (Å²) in [5.74, 6) is 0.800. The Morgan fingerprint density at radius 2 is 1.81 bits per heavy atom. The number of nitrogens with zero attached hydrogens (tertiary/aromatic N) is 2. The van der Waals surface area contributed by atoms with Crippen LogP contribution in [0.3, 0.4) is 0 Å². The molecule has 134 valence electrons. The van der Waals surface area contributed by atoms with Crippen molar-refractivity contribution < 1.29 is 13.9 Å². The zero-order chi connectivity index (χ0) is 18.6. The number of fused-ring (bicyclic) bond motifs is 1. The zero-order valence-corrected chi connectivity index (χ0v) is 14.6. The average Bonchev–Trinajstić information content (AvgIpc) is 3.23. The van der Waals surface area contributed by atoms with Crippen LogP contribution < -0.4 is 10.1 Å². The Labute approximate surface area is 155 Å². The van der Waals surface area contributed by atoms with Gasteiger partial charge in [0.15, 0.2) is 6.10 Å². The molecule has 27 heavy (non-hydrogen) atoms. The summed E-state index contributed by atoms with van der Waals surface area (Å²) in [4.78, 5) is 12.4. The van der Waals surface area contributed by atoms with Crippen LogP contribution in [0.2, 0.25) is 0 Å². The third-order valence-electron chi connectivity index (χ3n) is 4.16. The predicted molar refractivity (Wildman–Crippen MR) is 102 cm³/mol. The SMILES string of the molecule is C[C@@H](Oc1ccc(-c2nnco2)cc1)C(=O)Nc1ccc2ccccc2c1. The summed E-state index contributed by atoms with van der Waals surface area (Å²) in [6, 6.07) is 20.9. The van der Waals surface area contributed by atoms with Crippen LogP contribution in [0.5, 0.6) is 5.75 Å². The summed E-state index contributed by atoms with van der Waals surface area (Å²) in [7, 11) is 0.